The molecule has 102 valence electrons. The van der Waals surface area contributed by atoms with E-state index in [2.05, 4.69) is 0 Å². The summed E-state index contributed by atoms with van der Waals surface area (Å²) in [5.74, 6) is -1.40. The van der Waals surface area contributed by atoms with Gasteiger partial charge in [-0.15, -0.1) is 0 Å². The molecular weight excluding hydrogens is 252 g/mol. The molecule has 19 heavy (non-hydrogen) atoms. The number of benzene rings is 1. The monoisotopic (exact) mass is 266 g/mol. The van der Waals surface area contributed by atoms with E-state index in [9.17, 15) is 25.0 Å². The molecule has 0 radical (unpaired) electrons. The number of hydrogen-bond acceptors (Lipinski definition) is 5. The number of rotatable bonds is 6. The van der Waals surface area contributed by atoms with Crippen LogP contribution in [-0.4, -0.2) is 22.2 Å². The van der Waals surface area contributed by atoms with Crippen molar-refractivity contribution in [2.24, 2.45) is 5.92 Å². The molecule has 7 nitrogen and oxygen atoms in total. The fourth-order valence-corrected chi connectivity index (χ4v) is 1.87. The Morgan fingerprint density at radius 2 is 1.95 bits per heavy atom. The largest absolute Gasteiger partial charge is 0.300 e. The SMILES string of the molecule is CC(=O)[C@@H](C)[C@@H](C[N+](=O)[O-])c1cccc([N+](=O)[O-])c1. The van der Waals surface area contributed by atoms with Crippen molar-refractivity contribution in [3.8, 4) is 0 Å². The van der Waals surface area contributed by atoms with Gasteiger partial charge in [0.1, 0.15) is 5.78 Å². The minimum absolute atomic E-state index is 0.137. The number of carbonyl (C=O) groups excluding carboxylic acids is 1. The quantitative estimate of drug-likeness (QED) is 0.579. The summed E-state index contributed by atoms with van der Waals surface area (Å²) in [6.07, 6.45) is 0. The second kappa shape index (κ2) is 6.03. The van der Waals surface area contributed by atoms with Gasteiger partial charge in [0.15, 0.2) is 0 Å². The van der Waals surface area contributed by atoms with Crippen molar-refractivity contribution in [3.05, 3.63) is 50.1 Å². The standard InChI is InChI=1S/C12H14N2O5/c1-8(9(2)15)12(7-13(16)17)10-4-3-5-11(6-10)14(18)19/h3-6,8,12H,7H2,1-2H3/t8-,12-/m1/s1. The molecule has 1 rings (SSSR count). The molecule has 0 spiro atoms. The maximum atomic E-state index is 11.4. The van der Waals surface area contributed by atoms with Gasteiger partial charge in [0.2, 0.25) is 6.54 Å². The van der Waals surface area contributed by atoms with Crippen LogP contribution in [-0.2, 0) is 4.79 Å². The molecule has 0 fully saturated rings. The van der Waals surface area contributed by atoms with Gasteiger partial charge < -0.3 is 0 Å². The number of nitro benzene ring substituents is 1. The maximum Gasteiger partial charge on any atom is 0.269 e. The highest BCUT2D eigenvalue weighted by Gasteiger charge is 2.28. The smallest absolute Gasteiger partial charge is 0.269 e. The molecule has 0 unspecified atom stereocenters. The zero-order chi connectivity index (χ0) is 14.6. The number of ketones is 1. The molecule has 0 N–H and O–H groups in total. The van der Waals surface area contributed by atoms with Crippen LogP contribution in [0.1, 0.15) is 25.3 Å². The molecule has 1 aromatic rings. The number of hydrogen-bond donors (Lipinski definition) is 0. The normalized spacial score (nSPS) is 13.6. The first-order chi connectivity index (χ1) is 8.82. The van der Waals surface area contributed by atoms with Gasteiger partial charge in [0.25, 0.3) is 5.69 Å². The molecule has 2 atom stereocenters. The Labute approximate surface area is 109 Å². The summed E-state index contributed by atoms with van der Waals surface area (Å²) in [4.78, 5) is 31.7. The number of carbonyl (C=O) groups is 1. The molecule has 0 aliphatic carbocycles. The Morgan fingerprint density at radius 1 is 1.32 bits per heavy atom. The van der Waals surface area contributed by atoms with E-state index < -0.39 is 28.2 Å². The molecule has 0 amide bonds. The average molecular weight is 266 g/mol. The van der Waals surface area contributed by atoms with Crippen molar-refractivity contribution in [1.29, 1.82) is 0 Å². The Bertz CT molecular complexity index is 515. The number of Topliss-reactive ketones (excluding diaryl/α,β-unsaturated/α-hetero) is 1. The van der Waals surface area contributed by atoms with E-state index in [1.807, 2.05) is 0 Å². The van der Waals surface area contributed by atoms with Gasteiger partial charge in [0.05, 0.1) is 10.8 Å². The van der Waals surface area contributed by atoms with E-state index in [0.29, 0.717) is 5.56 Å². The Kier molecular flexibility index (Phi) is 4.68. The minimum atomic E-state index is -0.660. The van der Waals surface area contributed by atoms with Crippen LogP contribution in [0.15, 0.2) is 24.3 Å². The lowest BCUT2D eigenvalue weighted by Gasteiger charge is -2.18. The van der Waals surface area contributed by atoms with E-state index >= 15 is 0 Å². The molecular formula is C12H14N2O5. The highest BCUT2D eigenvalue weighted by molar-refractivity contribution is 5.79. The van der Waals surface area contributed by atoms with E-state index in [0.717, 1.165) is 0 Å². The average Bonchev–Trinajstić information content (AvgIpc) is 2.34. The van der Waals surface area contributed by atoms with Crippen molar-refractivity contribution in [3.63, 3.8) is 0 Å². The predicted octanol–water partition coefficient (Wildman–Crippen LogP) is 2.18. The third kappa shape index (κ3) is 3.84. The van der Waals surface area contributed by atoms with Crippen molar-refractivity contribution in [1.82, 2.24) is 0 Å². The maximum absolute atomic E-state index is 11.4. The van der Waals surface area contributed by atoms with Crippen LogP contribution >= 0.6 is 0 Å². The predicted molar refractivity (Wildman–Crippen MR) is 67.5 cm³/mol. The molecule has 0 aliphatic rings. The molecule has 0 saturated heterocycles. The van der Waals surface area contributed by atoms with Crippen LogP contribution in [0, 0.1) is 26.1 Å². The second-order valence-corrected chi connectivity index (χ2v) is 4.37. The van der Waals surface area contributed by atoms with Gasteiger partial charge in [0, 0.05) is 23.0 Å². The zero-order valence-electron chi connectivity index (χ0n) is 10.6. The zero-order valence-corrected chi connectivity index (χ0v) is 10.6. The van der Waals surface area contributed by atoms with E-state index in [4.69, 9.17) is 0 Å². The first-order valence-electron chi connectivity index (χ1n) is 5.69. The van der Waals surface area contributed by atoms with E-state index in [-0.39, 0.29) is 11.5 Å². The highest BCUT2D eigenvalue weighted by atomic mass is 16.6. The Hall–Kier alpha value is -2.31. The van der Waals surface area contributed by atoms with Crippen LogP contribution in [0.5, 0.6) is 0 Å². The first kappa shape index (κ1) is 14.7. The summed E-state index contributed by atoms with van der Waals surface area (Å²) >= 11 is 0. The molecule has 0 saturated carbocycles. The van der Waals surface area contributed by atoms with Crippen LogP contribution in [0.3, 0.4) is 0 Å². The fraction of sp³-hybridized carbons (Fsp3) is 0.417. The third-order valence-corrected chi connectivity index (χ3v) is 3.10. The Balaban J connectivity index is 3.16. The Morgan fingerprint density at radius 3 is 2.42 bits per heavy atom. The van der Waals surface area contributed by atoms with Gasteiger partial charge in [-0.3, -0.25) is 25.0 Å². The van der Waals surface area contributed by atoms with Gasteiger partial charge in [-0.25, -0.2) is 0 Å². The van der Waals surface area contributed by atoms with Crippen molar-refractivity contribution in [2.45, 2.75) is 19.8 Å². The number of non-ortho nitro benzene ring substituents is 1. The van der Waals surface area contributed by atoms with Gasteiger partial charge in [-0.1, -0.05) is 19.1 Å². The van der Waals surface area contributed by atoms with Crippen LogP contribution < -0.4 is 0 Å². The summed E-state index contributed by atoms with van der Waals surface area (Å²) in [6.45, 7) is 2.52. The summed E-state index contributed by atoms with van der Waals surface area (Å²) < 4.78 is 0. The summed E-state index contributed by atoms with van der Waals surface area (Å²) in [5, 5.41) is 21.4. The van der Waals surface area contributed by atoms with Gasteiger partial charge in [-0.2, -0.15) is 0 Å². The van der Waals surface area contributed by atoms with Crippen LogP contribution in [0.2, 0.25) is 0 Å². The number of nitro groups is 2. The third-order valence-electron chi connectivity index (χ3n) is 3.10. The molecule has 0 aliphatic heterocycles. The summed E-state index contributed by atoms with van der Waals surface area (Å²) in [5.41, 5.74) is 0.301. The fourth-order valence-electron chi connectivity index (χ4n) is 1.87. The van der Waals surface area contributed by atoms with Crippen LogP contribution in [0.4, 0.5) is 5.69 Å². The minimum Gasteiger partial charge on any atom is -0.300 e. The van der Waals surface area contributed by atoms with Crippen molar-refractivity contribution in [2.75, 3.05) is 6.54 Å². The van der Waals surface area contributed by atoms with Gasteiger partial charge >= 0.3 is 0 Å². The number of nitrogens with zero attached hydrogens (tertiary/aromatic N) is 2. The lowest BCUT2D eigenvalue weighted by molar-refractivity contribution is -0.484. The lowest BCUT2D eigenvalue weighted by atomic mass is 9.85. The lowest BCUT2D eigenvalue weighted by Crippen LogP contribution is -2.24. The molecule has 0 heterocycles. The van der Waals surface area contributed by atoms with Crippen molar-refractivity contribution >= 4 is 11.5 Å². The highest BCUT2D eigenvalue weighted by Crippen LogP contribution is 2.28. The molecule has 1 aromatic carbocycles. The van der Waals surface area contributed by atoms with Gasteiger partial charge in [-0.05, 0) is 12.5 Å². The second-order valence-electron chi connectivity index (χ2n) is 4.37. The van der Waals surface area contributed by atoms with Crippen molar-refractivity contribution < 1.29 is 14.6 Å². The molecule has 7 heteroatoms. The first-order valence-corrected chi connectivity index (χ1v) is 5.69. The summed E-state index contributed by atoms with van der Waals surface area (Å²) in [7, 11) is 0. The van der Waals surface area contributed by atoms with E-state index in [1.165, 1.54) is 25.1 Å². The molecule has 0 aromatic heterocycles. The van der Waals surface area contributed by atoms with E-state index in [1.54, 1.807) is 13.0 Å². The summed E-state index contributed by atoms with van der Waals surface area (Å²) in [6, 6.07) is 5.63. The topological polar surface area (TPSA) is 103 Å². The molecule has 0 bridgehead atoms. The van der Waals surface area contributed by atoms with Crippen LogP contribution in [0.25, 0.3) is 0 Å².